The van der Waals surface area contributed by atoms with E-state index >= 15 is 0 Å². The van der Waals surface area contributed by atoms with Crippen LogP contribution >= 0.6 is 0 Å². The Morgan fingerprint density at radius 1 is 1.21 bits per heavy atom. The first kappa shape index (κ1) is 19.6. The van der Waals surface area contributed by atoms with Crippen molar-refractivity contribution in [3.05, 3.63) is 48.5 Å². The normalized spacial score (nSPS) is 16.4. The molecule has 0 aromatic heterocycles. The number of nitrogens with zero attached hydrogens (tertiary/aromatic N) is 1. The van der Waals surface area contributed by atoms with Crippen LogP contribution in [0.4, 0.5) is 20.2 Å². The molecule has 2 amide bonds. The lowest BCUT2D eigenvalue weighted by Crippen LogP contribution is -2.28. The van der Waals surface area contributed by atoms with Gasteiger partial charge in [0.2, 0.25) is 11.8 Å². The maximum atomic E-state index is 12.5. The van der Waals surface area contributed by atoms with Gasteiger partial charge in [0.05, 0.1) is 18.2 Å². The third-order valence-electron chi connectivity index (χ3n) is 4.30. The lowest BCUT2D eigenvalue weighted by Gasteiger charge is -2.20. The zero-order chi connectivity index (χ0) is 20.1. The van der Waals surface area contributed by atoms with Crippen molar-refractivity contribution in [1.29, 1.82) is 0 Å². The van der Waals surface area contributed by atoms with Crippen LogP contribution in [-0.4, -0.2) is 31.6 Å². The third kappa shape index (κ3) is 4.57. The Kier molecular flexibility index (Phi) is 6.08. The number of para-hydroxylation sites is 2. The minimum Gasteiger partial charge on any atom is -0.492 e. The number of benzene rings is 2. The van der Waals surface area contributed by atoms with Gasteiger partial charge in [0.25, 0.3) is 0 Å². The van der Waals surface area contributed by atoms with E-state index in [9.17, 15) is 18.4 Å². The van der Waals surface area contributed by atoms with E-state index in [-0.39, 0.29) is 30.5 Å². The Hall–Kier alpha value is -3.16. The monoisotopic (exact) mass is 390 g/mol. The minimum absolute atomic E-state index is 0.00255. The van der Waals surface area contributed by atoms with Crippen LogP contribution in [0.25, 0.3) is 0 Å². The number of nitrogens with one attached hydrogen (secondary N) is 1. The average Bonchev–Trinajstić information content (AvgIpc) is 3.05. The summed E-state index contributed by atoms with van der Waals surface area (Å²) in [5.74, 6) is -0.406. The first-order chi connectivity index (χ1) is 13.5. The van der Waals surface area contributed by atoms with E-state index in [1.54, 1.807) is 17.0 Å². The largest absolute Gasteiger partial charge is 0.492 e. The van der Waals surface area contributed by atoms with Crippen LogP contribution in [0.15, 0.2) is 48.5 Å². The van der Waals surface area contributed by atoms with Gasteiger partial charge in [-0.05, 0) is 43.3 Å². The van der Waals surface area contributed by atoms with Crippen molar-refractivity contribution in [3.8, 4) is 11.5 Å². The predicted molar refractivity (Wildman–Crippen MR) is 99.8 cm³/mol. The predicted octanol–water partition coefficient (Wildman–Crippen LogP) is 3.68. The van der Waals surface area contributed by atoms with Crippen LogP contribution in [-0.2, 0) is 9.59 Å². The summed E-state index contributed by atoms with van der Waals surface area (Å²) in [6.45, 7) is -0.345. The van der Waals surface area contributed by atoms with Crippen LogP contribution in [0.5, 0.6) is 11.5 Å². The maximum absolute atomic E-state index is 12.5. The fourth-order valence-corrected chi connectivity index (χ4v) is 3.04. The number of halogens is 2. The summed E-state index contributed by atoms with van der Waals surface area (Å²) < 4.78 is 34.2. The number of anilines is 2. The molecule has 8 heteroatoms. The summed E-state index contributed by atoms with van der Waals surface area (Å²) in [4.78, 5) is 26.5. The first-order valence-corrected chi connectivity index (χ1v) is 8.86. The highest BCUT2D eigenvalue weighted by molar-refractivity contribution is 6.04. The van der Waals surface area contributed by atoms with Crippen molar-refractivity contribution in [2.45, 2.75) is 20.0 Å². The quantitative estimate of drug-likeness (QED) is 0.783. The van der Waals surface area contributed by atoms with Crippen molar-refractivity contribution in [2.24, 2.45) is 5.92 Å². The molecule has 0 aliphatic carbocycles. The zero-order valence-corrected chi connectivity index (χ0v) is 15.2. The number of carbonyl (C=O) groups is 2. The van der Waals surface area contributed by atoms with Gasteiger partial charge < -0.3 is 19.7 Å². The van der Waals surface area contributed by atoms with Gasteiger partial charge in [-0.15, -0.1) is 0 Å². The second kappa shape index (κ2) is 8.69. The molecule has 1 N–H and O–H groups in total. The van der Waals surface area contributed by atoms with Gasteiger partial charge >= 0.3 is 6.61 Å². The number of alkyl halides is 2. The Balaban J connectivity index is 1.65. The highest BCUT2D eigenvalue weighted by Gasteiger charge is 2.36. The summed E-state index contributed by atoms with van der Waals surface area (Å²) in [6, 6.07) is 12.8. The van der Waals surface area contributed by atoms with Crippen molar-refractivity contribution in [3.63, 3.8) is 0 Å². The molecule has 1 atom stereocenters. The van der Waals surface area contributed by atoms with Crippen LogP contribution < -0.4 is 19.7 Å². The lowest BCUT2D eigenvalue weighted by molar-refractivity contribution is -0.122. The molecule has 1 saturated heterocycles. The molecule has 2 aromatic rings. The molecule has 3 rings (SSSR count). The fourth-order valence-electron chi connectivity index (χ4n) is 3.04. The molecule has 28 heavy (non-hydrogen) atoms. The van der Waals surface area contributed by atoms with Gasteiger partial charge in [-0.2, -0.15) is 8.78 Å². The van der Waals surface area contributed by atoms with Crippen LogP contribution in [0.3, 0.4) is 0 Å². The highest BCUT2D eigenvalue weighted by Crippen LogP contribution is 2.33. The molecule has 0 radical (unpaired) electrons. The van der Waals surface area contributed by atoms with Crippen molar-refractivity contribution < 1.29 is 27.8 Å². The number of hydrogen-bond acceptors (Lipinski definition) is 4. The molecule has 1 aliphatic heterocycles. The maximum Gasteiger partial charge on any atom is 0.387 e. The summed E-state index contributed by atoms with van der Waals surface area (Å²) in [6.07, 6.45) is 0.0822. The second-order valence-electron chi connectivity index (χ2n) is 6.20. The SMILES string of the molecule is CCOc1ccccc1N1C[C@H](C(=O)Nc2ccc(OC(F)F)cc2)CC1=O. The number of rotatable bonds is 7. The van der Waals surface area contributed by atoms with Gasteiger partial charge in [0.1, 0.15) is 11.5 Å². The molecule has 0 spiro atoms. The first-order valence-electron chi connectivity index (χ1n) is 8.86. The molecular formula is C20H20F2N2O4. The Labute approximate surface area is 161 Å². The molecule has 2 aromatic carbocycles. The van der Waals surface area contributed by atoms with E-state index in [1.165, 1.54) is 24.3 Å². The number of carbonyl (C=O) groups excluding carboxylic acids is 2. The number of hydrogen-bond donors (Lipinski definition) is 1. The second-order valence-corrected chi connectivity index (χ2v) is 6.20. The van der Waals surface area contributed by atoms with Crippen molar-refractivity contribution in [1.82, 2.24) is 0 Å². The zero-order valence-electron chi connectivity index (χ0n) is 15.2. The van der Waals surface area contributed by atoms with E-state index in [0.29, 0.717) is 23.7 Å². The van der Waals surface area contributed by atoms with E-state index < -0.39 is 12.5 Å². The van der Waals surface area contributed by atoms with Gasteiger partial charge in [0, 0.05) is 18.7 Å². The third-order valence-corrected chi connectivity index (χ3v) is 4.30. The van der Waals surface area contributed by atoms with E-state index in [1.807, 2.05) is 19.1 Å². The van der Waals surface area contributed by atoms with Crippen molar-refractivity contribution >= 4 is 23.2 Å². The average molecular weight is 390 g/mol. The van der Waals surface area contributed by atoms with Crippen LogP contribution in [0.2, 0.25) is 0 Å². The highest BCUT2D eigenvalue weighted by atomic mass is 19.3. The van der Waals surface area contributed by atoms with E-state index in [2.05, 4.69) is 10.1 Å². The summed E-state index contributed by atoms with van der Waals surface area (Å²) in [7, 11) is 0. The molecule has 0 unspecified atom stereocenters. The summed E-state index contributed by atoms with van der Waals surface area (Å²) in [5, 5.41) is 2.70. The molecule has 148 valence electrons. The molecular weight excluding hydrogens is 370 g/mol. The smallest absolute Gasteiger partial charge is 0.387 e. The molecule has 6 nitrogen and oxygen atoms in total. The van der Waals surface area contributed by atoms with Crippen LogP contribution in [0.1, 0.15) is 13.3 Å². The standard InChI is InChI=1S/C20H20F2N2O4/c1-2-27-17-6-4-3-5-16(17)24-12-13(11-18(24)25)19(26)23-14-7-9-15(10-8-14)28-20(21)22/h3-10,13,20H,2,11-12H2,1H3,(H,23,26)/t13-/m1/s1. The Bertz CT molecular complexity index is 842. The molecule has 0 bridgehead atoms. The Morgan fingerprint density at radius 3 is 2.61 bits per heavy atom. The molecule has 0 saturated carbocycles. The number of ether oxygens (including phenoxy) is 2. The van der Waals surface area contributed by atoms with Gasteiger partial charge in [-0.25, -0.2) is 0 Å². The van der Waals surface area contributed by atoms with Crippen molar-refractivity contribution in [2.75, 3.05) is 23.4 Å². The summed E-state index contributed by atoms with van der Waals surface area (Å²) >= 11 is 0. The van der Waals surface area contributed by atoms with E-state index in [0.717, 1.165) is 0 Å². The molecule has 1 fully saturated rings. The summed E-state index contributed by atoms with van der Waals surface area (Å²) in [5.41, 5.74) is 1.07. The fraction of sp³-hybridized carbons (Fsp3) is 0.300. The van der Waals surface area contributed by atoms with Gasteiger partial charge in [-0.3, -0.25) is 9.59 Å². The lowest BCUT2D eigenvalue weighted by atomic mass is 10.1. The molecule has 1 heterocycles. The number of amides is 2. The topological polar surface area (TPSA) is 67.9 Å². The Morgan fingerprint density at radius 2 is 1.93 bits per heavy atom. The van der Waals surface area contributed by atoms with Gasteiger partial charge in [0.15, 0.2) is 0 Å². The van der Waals surface area contributed by atoms with Gasteiger partial charge in [-0.1, -0.05) is 12.1 Å². The molecule has 1 aliphatic rings. The van der Waals surface area contributed by atoms with Crippen LogP contribution in [0, 0.1) is 5.92 Å². The minimum atomic E-state index is -2.91. The van der Waals surface area contributed by atoms with E-state index in [4.69, 9.17) is 4.74 Å².